The SMILES string of the molecule is BrCC1CCCCN1c1cccc2nccn12. The summed E-state index contributed by atoms with van der Waals surface area (Å²) in [4.78, 5) is 6.86. The molecule has 0 aromatic carbocycles. The van der Waals surface area contributed by atoms with Crippen LogP contribution in [0.3, 0.4) is 0 Å². The Hall–Kier alpha value is -1.03. The molecule has 1 unspecified atom stereocenters. The summed E-state index contributed by atoms with van der Waals surface area (Å²) in [5, 5.41) is 1.04. The van der Waals surface area contributed by atoms with Crippen LogP contribution in [0.4, 0.5) is 5.82 Å². The van der Waals surface area contributed by atoms with Crippen LogP contribution in [0, 0.1) is 0 Å². The molecular formula is C13H16BrN3. The van der Waals surface area contributed by atoms with Crippen LogP contribution in [-0.2, 0) is 0 Å². The van der Waals surface area contributed by atoms with Crippen molar-refractivity contribution in [2.45, 2.75) is 25.3 Å². The summed E-state index contributed by atoms with van der Waals surface area (Å²) in [6, 6.07) is 6.95. The number of aromatic nitrogens is 2. The number of fused-ring (bicyclic) bond motifs is 1. The van der Waals surface area contributed by atoms with Crippen LogP contribution in [-0.4, -0.2) is 27.3 Å². The number of rotatable bonds is 2. The Balaban J connectivity index is 2.04. The molecule has 0 saturated carbocycles. The zero-order valence-corrected chi connectivity index (χ0v) is 11.3. The molecule has 90 valence electrons. The lowest BCUT2D eigenvalue weighted by atomic mass is 10.0. The van der Waals surface area contributed by atoms with E-state index in [1.165, 1.54) is 25.1 Å². The Morgan fingerprint density at radius 1 is 1.35 bits per heavy atom. The second-order valence-corrected chi connectivity index (χ2v) is 5.18. The first kappa shape index (κ1) is 11.1. The molecule has 0 bridgehead atoms. The fourth-order valence-electron chi connectivity index (χ4n) is 2.63. The van der Waals surface area contributed by atoms with E-state index in [1.54, 1.807) is 0 Å². The molecule has 0 radical (unpaired) electrons. The summed E-state index contributed by atoms with van der Waals surface area (Å²) >= 11 is 3.64. The maximum Gasteiger partial charge on any atom is 0.138 e. The first-order valence-corrected chi connectivity index (χ1v) is 7.27. The molecule has 1 fully saturated rings. The van der Waals surface area contributed by atoms with Crippen molar-refractivity contribution in [2.75, 3.05) is 16.8 Å². The number of alkyl halides is 1. The molecule has 1 aliphatic rings. The average Bonchev–Trinajstić information content (AvgIpc) is 2.86. The molecule has 2 aromatic rings. The number of hydrogen-bond acceptors (Lipinski definition) is 2. The van der Waals surface area contributed by atoms with Gasteiger partial charge in [0.05, 0.1) is 0 Å². The molecule has 0 aliphatic carbocycles. The molecule has 2 aromatic heterocycles. The van der Waals surface area contributed by atoms with Crippen molar-refractivity contribution in [3.05, 3.63) is 30.6 Å². The zero-order chi connectivity index (χ0) is 11.7. The Morgan fingerprint density at radius 2 is 2.29 bits per heavy atom. The van der Waals surface area contributed by atoms with E-state index in [-0.39, 0.29) is 0 Å². The largest absolute Gasteiger partial charge is 0.354 e. The van der Waals surface area contributed by atoms with Gasteiger partial charge in [0, 0.05) is 30.3 Å². The Bertz CT molecular complexity index is 508. The minimum absolute atomic E-state index is 0.608. The second kappa shape index (κ2) is 4.69. The van der Waals surface area contributed by atoms with Crippen LogP contribution < -0.4 is 4.90 Å². The van der Waals surface area contributed by atoms with Crippen molar-refractivity contribution in [3.8, 4) is 0 Å². The molecule has 17 heavy (non-hydrogen) atoms. The van der Waals surface area contributed by atoms with Crippen LogP contribution in [0.2, 0.25) is 0 Å². The predicted octanol–water partition coefficient (Wildman–Crippen LogP) is 3.09. The molecule has 0 N–H and O–H groups in total. The van der Waals surface area contributed by atoms with Crippen LogP contribution in [0.5, 0.6) is 0 Å². The summed E-state index contributed by atoms with van der Waals surface area (Å²) < 4.78 is 2.18. The smallest absolute Gasteiger partial charge is 0.138 e. The van der Waals surface area contributed by atoms with E-state index in [0.717, 1.165) is 17.5 Å². The quantitative estimate of drug-likeness (QED) is 0.793. The third-order valence-electron chi connectivity index (χ3n) is 3.51. The normalized spacial score (nSPS) is 21.0. The minimum Gasteiger partial charge on any atom is -0.354 e. The molecule has 1 saturated heterocycles. The highest BCUT2D eigenvalue weighted by Gasteiger charge is 2.23. The molecule has 1 aliphatic heterocycles. The van der Waals surface area contributed by atoms with E-state index in [9.17, 15) is 0 Å². The van der Waals surface area contributed by atoms with Crippen molar-refractivity contribution in [1.82, 2.24) is 9.38 Å². The van der Waals surface area contributed by atoms with Gasteiger partial charge in [-0.25, -0.2) is 4.98 Å². The first-order chi connectivity index (χ1) is 8.40. The Morgan fingerprint density at radius 3 is 3.18 bits per heavy atom. The highest BCUT2D eigenvalue weighted by molar-refractivity contribution is 9.09. The Kier molecular flexibility index (Phi) is 3.05. The fraction of sp³-hybridized carbons (Fsp3) is 0.462. The van der Waals surface area contributed by atoms with Crippen LogP contribution in [0.1, 0.15) is 19.3 Å². The highest BCUT2D eigenvalue weighted by atomic mass is 79.9. The van der Waals surface area contributed by atoms with Crippen LogP contribution in [0.25, 0.3) is 5.65 Å². The van der Waals surface area contributed by atoms with Gasteiger partial charge in [-0.15, -0.1) is 0 Å². The second-order valence-electron chi connectivity index (χ2n) is 4.54. The summed E-state index contributed by atoms with van der Waals surface area (Å²) in [5.41, 5.74) is 1.03. The van der Waals surface area contributed by atoms with Gasteiger partial charge in [-0.2, -0.15) is 0 Å². The average molecular weight is 294 g/mol. The van der Waals surface area contributed by atoms with E-state index in [0.29, 0.717) is 6.04 Å². The third-order valence-corrected chi connectivity index (χ3v) is 4.25. The standard InChI is InChI=1S/C13H16BrN3/c14-10-11-4-1-2-8-16(11)13-6-3-5-12-15-7-9-17(12)13/h3,5-7,9,11H,1-2,4,8,10H2. The molecular weight excluding hydrogens is 278 g/mol. The molecule has 0 spiro atoms. The molecule has 3 rings (SSSR count). The Labute approximate surface area is 110 Å². The topological polar surface area (TPSA) is 20.5 Å². The van der Waals surface area contributed by atoms with Crippen molar-refractivity contribution in [1.29, 1.82) is 0 Å². The summed E-state index contributed by atoms with van der Waals surface area (Å²) in [6.45, 7) is 1.15. The molecule has 4 heteroatoms. The van der Waals surface area contributed by atoms with Gasteiger partial charge in [-0.1, -0.05) is 22.0 Å². The van der Waals surface area contributed by atoms with Gasteiger partial charge >= 0.3 is 0 Å². The maximum atomic E-state index is 4.35. The van der Waals surface area contributed by atoms with Gasteiger partial charge < -0.3 is 4.90 Å². The lowest BCUT2D eigenvalue weighted by Gasteiger charge is -2.36. The van der Waals surface area contributed by atoms with Gasteiger partial charge in [0.15, 0.2) is 0 Å². The van der Waals surface area contributed by atoms with E-state index < -0.39 is 0 Å². The third kappa shape index (κ3) is 1.95. The van der Waals surface area contributed by atoms with E-state index in [2.05, 4.69) is 48.4 Å². The summed E-state index contributed by atoms with van der Waals surface area (Å²) in [7, 11) is 0. The number of imidazole rings is 1. The number of halogens is 1. The van der Waals surface area contributed by atoms with Crippen LogP contribution in [0.15, 0.2) is 30.6 Å². The summed E-state index contributed by atoms with van der Waals surface area (Å²) in [6.07, 6.45) is 7.81. The van der Waals surface area contributed by atoms with Gasteiger partial charge in [0.2, 0.25) is 0 Å². The van der Waals surface area contributed by atoms with Crippen molar-refractivity contribution >= 4 is 27.4 Å². The molecule has 3 heterocycles. The van der Waals surface area contributed by atoms with E-state index in [1.807, 2.05) is 12.4 Å². The number of nitrogens with zero attached hydrogens (tertiary/aromatic N) is 3. The van der Waals surface area contributed by atoms with Gasteiger partial charge in [-0.05, 0) is 31.4 Å². The summed E-state index contributed by atoms with van der Waals surface area (Å²) in [5.74, 6) is 1.27. The van der Waals surface area contributed by atoms with Crippen LogP contribution >= 0.6 is 15.9 Å². The highest BCUT2D eigenvalue weighted by Crippen LogP contribution is 2.26. The van der Waals surface area contributed by atoms with E-state index >= 15 is 0 Å². The number of hydrogen-bond donors (Lipinski definition) is 0. The van der Waals surface area contributed by atoms with Crippen molar-refractivity contribution in [2.24, 2.45) is 0 Å². The first-order valence-electron chi connectivity index (χ1n) is 6.15. The molecule has 0 amide bonds. The van der Waals surface area contributed by atoms with Gasteiger partial charge in [0.25, 0.3) is 0 Å². The van der Waals surface area contributed by atoms with E-state index in [4.69, 9.17) is 0 Å². The fourth-order valence-corrected chi connectivity index (χ4v) is 3.30. The van der Waals surface area contributed by atoms with Crippen molar-refractivity contribution < 1.29 is 0 Å². The van der Waals surface area contributed by atoms with Gasteiger partial charge in [-0.3, -0.25) is 4.40 Å². The lowest BCUT2D eigenvalue weighted by Crippen LogP contribution is -2.41. The minimum atomic E-state index is 0.608. The number of anilines is 1. The maximum absolute atomic E-state index is 4.35. The number of pyridine rings is 1. The molecule has 1 atom stereocenters. The monoisotopic (exact) mass is 293 g/mol. The number of piperidine rings is 1. The van der Waals surface area contributed by atoms with Gasteiger partial charge in [0.1, 0.15) is 11.5 Å². The zero-order valence-electron chi connectivity index (χ0n) is 9.72. The molecule has 3 nitrogen and oxygen atoms in total. The predicted molar refractivity (Wildman–Crippen MR) is 74.0 cm³/mol. The lowest BCUT2D eigenvalue weighted by molar-refractivity contribution is 0.486. The van der Waals surface area contributed by atoms with Crippen molar-refractivity contribution in [3.63, 3.8) is 0 Å².